The van der Waals surface area contributed by atoms with Crippen LogP contribution in [-0.4, -0.2) is 44.5 Å². The van der Waals surface area contributed by atoms with Crippen LogP contribution in [0.4, 0.5) is 0 Å². The van der Waals surface area contributed by atoms with Crippen molar-refractivity contribution in [3.05, 3.63) is 29.3 Å². The van der Waals surface area contributed by atoms with Crippen molar-refractivity contribution < 1.29 is 20.1 Å². The summed E-state index contributed by atoms with van der Waals surface area (Å²) in [5.41, 5.74) is 2.56. The molecule has 106 valence electrons. The third-order valence-corrected chi connectivity index (χ3v) is 4.07. The van der Waals surface area contributed by atoms with Crippen molar-refractivity contribution in [2.24, 2.45) is 0 Å². The van der Waals surface area contributed by atoms with Crippen molar-refractivity contribution in [1.82, 2.24) is 0 Å². The Bertz CT molecular complexity index is 407. The fourth-order valence-electron chi connectivity index (χ4n) is 3.00. The zero-order valence-corrected chi connectivity index (χ0v) is 12.0. The first-order valence-electron chi connectivity index (χ1n) is 7.15. The van der Waals surface area contributed by atoms with Gasteiger partial charge in [-0.3, -0.25) is 0 Å². The molecule has 0 amide bonds. The minimum atomic E-state index is 0.295. The van der Waals surface area contributed by atoms with Crippen LogP contribution in [0.25, 0.3) is 0 Å². The molecule has 2 unspecified atom stereocenters. The third kappa shape index (κ3) is 3.69. The van der Waals surface area contributed by atoms with Gasteiger partial charge in [-0.1, -0.05) is 0 Å². The number of nitrogens with two attached hydrogens (primary N) is 1. The van der Waals surface area contributed by atoms with Crippen molar-refractivity contribution in [3.8, 4) is 5.75 Å². The van der Waals surface area contributed by atoms with E-state index >= 15 is 0 Å². The van der Waals surface area contributed by atoms with Crippen molar-refractivity contribution in [2.75, 3.05) is 33.4 Å². The molecule has 4 heteroatoms. The molecule has 4 N–H and O–H groups in total. The van der Waals surface area contributed by atoms with Crippen LogP contribution >= 0.6 is 0 Å². The second-order valence-electron chi connectivity index (χ2n) is 5.41. The lowest BCUT2D eigenvalue weighted by atomic mass is 10.1. The summed E-state index contributed by atoms with van der Waals surface area (Å²) in [5, 5.41) is 11.5. The Morgan fingerprint density at radius 3 is 3.00 bits per heavy atom. The summed E-state index contributed by atoms with van der Waals surface area (Å²) >= 11 is 0. The first-order chi connectivity index (χ1) is 9.24. The van der Waals surface area contributed by atoms with Gasteiger partial charge in [0, 0.05) is 18.6 Å². The Balaban J connectivity index is 2.04. The summed E-state index contributed by atoms with van der Waals surface area (Å²) in [6, 6.07) is 7.01. The van der Waals surface area contributed by atoms with Crippen LogP contribution in [0.3, 0.4) is 0 Å². The van der Waals surface area contributed by atoms with Crippen molar-refractivity contribution in [2.45, 2.75) is 25.9 Å². The van der Waals surface area contributed by atoms with Crippen LogP contribution in [0.15, 0.2) is 18.2 Å². The maximum atomic E-state index is 9.17. The van der Waals surface area contributed by atoms with Crippen LogP contribution < -0.4 is 15.0 Å². The first kappa shape index (κ1) is 14.3. The van der Waals surface area contributed by atoms with E-state index in [1.54, 1.807) is 12.0 Å². The Kier molecular flexibility index (Phi) is 5.19. The lowest BCUT2D eigenvalue weighted by Gasteiger charge is -2.30. The van der Waals surface area contributed by atoms with E-state index in [4.69, 9.17) is 4.74 Å². The number of hydrogen-bond acceptors (Lipinski definition) is 2. The summed E-state index contributed by atoms with van der Waals surface area (Å²) in [4.78, 5) is 1.60. The molecule has 1 aliphatic heterocycles. The summed E-state index contributed by atoms with van der Waals surface area (Å²) < 4.78 is 5.30. The first-order valence-corrected chi connectivity index (χ1v) is 7.15. The number of aryl methyl sites for hydroxylation is 1. The summed E-state index contributed by atoms with van der Waals surface area (Å²) in [7, 11) is 1.71. The van der Waals surface area contributed by atoms with E-state index in [0.717, 1.165) is 25.3 Å². The van der Waals surface area contributed by atoms with Crippen molar-refractivity contribution >= 4 is 0 Å². The molecule has 0 spiro atoms. The summed E-state index contributed by atoms with van der Waals surface area (Å²) in [6.07, 6.45) is 0.904. The van der Waals surface area contributed by atoms with Gasteiger partial charge in [0.25, 0.3) is 0 Å². The van der Waals surface area contributed by atoms with E-state index in [-0.39, 0.29) is 0 Å². The van der Waals surface area contributed by atoms with E-state index in [1.807, 2.05) is 0 Å². The number of aliphatic hydroxyl groups excluding tert-OH is 1. The third-order valence-electron chi connectivity index (χ3n) is 4.07. The largest absolute Gasteiger partial charge is 0.496 e. The zero-order chi connectivity index (χ0) is 13.7. The predicted molar refractivity (Wildman–Crippen MR) is 74.4 cm³/mol. The van der Waals surface area contributed by atoms with Crippen molar-refractivity contribution in [3.63, 3.8) is 0 Å². The van der Waals surface area contributed by atoms with Gasteiger partial charge in [-0.05, 0) is 30.7 Å². The van der Waals surface area contributed by atoms with Crippen LogP contribution in [0.2, 0.25) is 0 Å². The molecule has 2 rings (SSSR count). The lowest BCUT2D eigenvalue weighted by molar-refractivity contribution is -0.982. The van der Waals surface area contributed by atoms with E-state index in [2.05, 4.69) is 30.4 Å². The van der Waals surface area contributed by atoms with Crippen molar-refractivity contribution in [1.29, 1.82) is 0 Å². The number of aliphatic hydroxyl groups is 1. The topological polar surface area (TPSA) is 50.5 Å². The maximum Gasteiger partial charge on any atom is 0.140 e. The van der Waals surface area contributed by atoms with Gasteiger partial charge in [0.1, 0.15) is 38.0 Å². The number of rotatable bonds is 5. The highest BCUT2D eigenvalue weighted by Gasteiger charge is 2.27. The minimum absolute atomic E-state index is 0.295. The molecule has 1 aromatic rings. The molecule has 1 saturated heterocycles. The number of quaternary nitrogens is 2. The molecule has 0 aromatic heterocycles. The molecule has 0 aliphatic carbocycles. The Morgan fingerprint density at radius 2 is 2.32 bits per heavy atom. The Hall–Kier alpha value is -1.10. The highest BCUT2D eigenvalue weighted by molar-refractivity contribution is 5.35. The van der Waals surface area contributed by atoms with E-state index in [9.17, 15) is 5.11 Å². The average Bonchev–Trinajstić information content (AvgIpc) is 2.41. The van der Waals surface area contributed by atoms with Gasteiger partial charge in [-0.2, -0.15) is 0 Å². The lowest BCUT2D eigenvalue weighted by Crippen LogP contribution is -3.23. The van der Waals surface area contributed by atoms with Crippen LogP contribution in [0.1, 0.15) is 17.5 Å². The van der Waals surface area contributed by atoms with E-state index in [0.29, 0.717) is 12.6 Å². The monoisotopic (exact) mass is 266 g/mol. The molecule has 1 aromatic carbocycles. The van der Waals surface area contributed by atoms with E-state index in [1.165, 1.54) is 24.2 Å². The quantitative estimate of drug-likeness (QED) is 0.621. The molecular formula is C15H26N2O2+2. The highest BCUT2D eigenvalue weighted by atomic mass is 16.5. The number of ether oxygens (including phenoxy) is 1. The number of hydrogen-bond donors (Lipinski definition) is 3. The summed E-state index contributed by atoms with van der Waals surface area (Å²) in [6.45, 7) is 6.92. The minimum Gasteiger partial charge on any atom is -0.496 e. The molecule has 4 nitrogen and oxygen atoms in total. The summed E-state index contributed by atoms with van der Waals surface area (Å²) in [5.74, 6) is 0.956. The number of nitrogens with one attached hydrogen (secondary N) is 1. The molecule has 0 saturated carbocycles. The van der Waals surface area contributed by atoms with Gasteiger partial charge in [-0.15, -0.1) is 0 Å². The van der Waals surface area contributed by atoms with Crippen LogP contribution in [0, 0.1) is 6.92 Å². The Morgan fingerprint density at radius 1 is 1.47 bits per heavy atom. The molecule has 19 heavy (non-hydrogen) atoms. The van der Waals surface area contributed by atoms with Gasteiger partial charge in [0.15, 0.2) is 0 Å². The number of methoxy groups -OCH3 is 1. The molecular weight excluding hydrogens is 240 g/mol. The number of benzene rings is 1. The fourth-order valence-corrected chi connectivity index (χ4v) is 3.00. The SMILES string of the molecule is COc1ccc(C[NH+]2CC[NH2+]CC2CCO)cc1C. The van der Waals surface area contributed by atoms with Gasteiger partial charge >= 0.3 is 0 Å². The molecule has 1 aliphatic rings. The Labute approximate surface area is 115 Å². The molecule has 2 atom stereocenters. The van der Waals surface area contributed by atoms with Crippen LogP contribution in [-0.2, 0) is 6.54 Å². The average molecular weight is 266 g/mol. The van der Waals surface area contributed by atoms with Gasteiger partial charge < -0.3 is 20.1 Å². The molecule has 1 fully saturated rings. The zero-order valence-electron chi connectivity index (χ0n) is 12.0. The van der Waals surface area contributed by atoms with Gasteiger partial charge in [-0.25, -0.2) is 0 Å². The number of piperazine rings is 1. The van der Waals surface area contributed by atoms with Gasteiger partial charge in [0.05, 0.1) is 7.11 Å². The van der Waals surface area contributed by atoms with Gasteiger partial charge in [0.2, 0.25) is 0 Å². The normalized spacial score (nSPS) is 23.3. The molecule has 1 heterocycles. The standard InChI is InChI=1S/C15H24N2O2/c1-12-9-13(3-4-15(12)19-2)11-17-7-6-16-10-14(17)5-8-18/h3-4,9,14,16,18H,5-8,10-11H2,1-2H3/p+2. The van der Waals surface area contributed by atoms with Crippen LogP contribution in [0.5, 0.6) is 5.75 Å². The second-order valence-corrected chi connectivity index (χ2v) is 5.41. The van der Waals surface area contributed by atoms with E-state index < -0.39 is 0 Å². The fraction of sp³-hybridized carbons (Fsp3) is 0.600. The predicted octanol–water partition coefficient (Wildman–Crippen LogP) is -1.28. The maximum absolute atomic E-state index is 9.17. The smallest absolute Gasteiger partial charge is 0.140 e. The molecule has 0 radical (unpaired) electrons. The second kappa shape index (κ2) is 6.89. The highest BCUT2D eigenvalue weighted by Crippen LogP contribution is 2.17. The molecule has 0 bridgehead atoms.